The van der Waals surface area contributed by atoms with Crippen LogP contribution in [0.15, 0.2) is 36.5 Å². The average molecular weight is 350 g/mol. The summed E-state index contributed by atoms with van der Waals surface area (Å²) in [6.45, 7) is 0.497. The lowest BCUT2D eigenvalue weighted by Gasteiger charge is -2.11. The fraction of sp³-hybridized carbons (Fsp3) is 0.333. The van der Waals surface area contributed by atoms with Gasteiger partial charge in [-0.05, 0) is 42.7 Å². The number of nitrogens with zero attached hydrogens (tertiary/aromatic N) is 1. The summed E-state index contributed by atoms with van der Waals surface area (Å²) in [5.74, 6) is 0.105. The third kappa shape index (κ3) is 6.11. The fourth-order valence-corrected chi connectivity index (χ4v) is 2.25. The Morgan fingerprint density at radius 2 is 2.12 bits per heavy atom. The van der Waals surface area contributed by atoms with Gasteiger partial charge in [0.1, 0.15) is 5.75 Å². The van der Waals surface area contributed by atoms with E-state index in [9.17, 15) is 13.6 Å². The van der Waals surface area contributed by atoms with E-state index in [1.54, 1.807) is 24.4 Å². The smallest absolute Gasteiger partial charge is 0.387 e. The van der Waals surface area contributed by atoms with Gasteiger partial charge in [-0.1, -0.05) is 12.1 Å². The maximum atomic E-state index is 12.3. The number of aromatic nitrogens is 1. The molecule has 2 rings (SSSR count). The largest absolute Gasteiger partial charge is 0.435 e. The molecule has 0 aliphatic heterocycles. The molecule has 1 aromatic carbocycles. The van der Waals surface area contributed by atoms with Crippen molar-refractivity contribution in [2.75, 3.05) is 13.2 Å². The van der Waals surface area contributed by atoms with Crippen LogP contribution in [0.3, 0.4) is 0 Å². The van der Waals surface area contributed by atoms with Crippen molar-refractivity contribution in [1.29, 1.82) is 0 Å². The van der Waals surface area contributed by atoms with Crippen LogP contribution in [0.2, 0.25) is 0 Å². The van der Waals surface area contributed by atoms with Crippen molar-refractivity contribution in [1.82, 2.24) is 10.3 Å². The number of benzene rings is 1. The molecular weight excluding hydrogens is 330 g/mol. The molecule has 0 saturated heterocycles. The standard InChI is InChI=1S/C18H20F2N2O3/c1-13-16(11-24-7-3-6-21-12-23)8-15(10-22-13)14-4-2-5-17(9-14)25-18(19)20/h2,4-5,8-10,12,18H,3,6-7,11H2,1H3,(H,21,23). The number of halogens is 2. The minimum absolute atomic E-state index is 0.105. The number of alkyl halides is 2. The summed E-state index contributed by atoms with van der Waals surface area (Å²) in [6.07, 6.45) is 3.07. The highest BCUT2D eigenvalue weighted by Gasteiger charge is 2.08. The van der Waals surface area contributed by atoms with Crippen LogP contribution in [0, 0.1) is 6.92 Å². The molecule has 1 amide bonds. The van der Waals surface area contributed by atoms with Crippen LogP contribution in [0.1, 0.15) is 17.7 Å². The van der Waals surface area contributed by atoms with Crippen LogP contribution >= 0.6 is 0 Å². The Morgan fingerprint density at radius 1 is 1.28 bits per heavy atom. The molecule has 0 radical (unpaired) electrons. The molecule has 0 saturated carbocycles. The van der Waals surface area contributed by atoms with Gasteiger partial charge in [0.2, 0.25) is 6.41 Å². The summed E-state index contributed by atoms with van der Waals surface area (Å²) in [6, 6.07) is 8.42. The summed E-state index contributed by atoms with van der Waals surface area (Å²) in [5.41, 5.74) is 3.30. The number of carbonyl (C=O) groups excluding carboxylic acids is 1. The third-order valence-electron chi connectivity index (χ3n) is 3.53. The number of aryl methyl sites for hydroxylation is 1. The SMILES string of the molecule is Cc1ncc(-c2cccc(OC(F)F)c2)cc1COCCCNC=O. The van der Waals surface area contributed by atoms with Crippen LogP contribution < -0.4 is 10.1 Å². The normalized spacial score (nSPS) is 10.7. The second-order valence-electron chi connectivity index (χ2n) is 5.35. The van der Waals surface area contributed by atoms with Gasteiger partial charge in [0.15, 0.2) is 0 Å². The lowest BCUT2D eigenvalue weighted by molar-refractivity contribution is -0.109. The van der Waals surface area contributed by atoms with E-state index in [4.69, 9.17) is 4.74 Å². The van der Waals surface area contributed by atoms with E-state index in [0.717, 1.165) is 28.8 Å². The monoisotopic (exact) mass is 350 g/mol. The van der Waals surface area contributed by atoms with E-state index in [1.807, 2.05) is 13.0 Å². The van der Waals surface area contributed by atoms with Gasteiger partial charge in [-0.2, -0.15) is 8.78 Å². The van der Waals surface area contributed by atoms with E-state index in [2.05, 4.69) is 15.0 Å². The molecule has 1 aromatic heterocycles. The van der Waals surface area contributed by atoms with E-state index in [-0.39, 0.29) is 5.75 Å². The number of carbonyl (C=O) groups is 1. The molecule has 0 atom stereocenters. The summed E-state index contributed by atoms with van der Waals surface area (Å²) < 4.78 is 34.7. The topological polar surface area (TPSA) is 60.5 Å². The molecule has 0 aliphatic rings. The Balaban J connectivity index is 2.04. The number of hydrogen-bond acceptors (Lipinski definition) is 4. The summed E-state index contributed by atoms with van der Waals surface area (Å²) in [4.78, 5) is 14.5. The van der Waals surface area contributed by atoms with Crippen LogP contribution in [0.4, 0.5) is 8.78 Å². The highest BCUT2D eigenvalue weighted by atomic mass is 19.3. The maximum absolute atomic E-state index is 12.3. The molecule has 0 unspecified atom stereocenters. The number of ether oxygens (including phenoxy) is 2. The Labute approximate surface area is 145 Å². The Morgan fingerprint density at radius 3 is 2.88 bits per heavy atom. The zero-order chi connectivity index (χ0) is 18.1. The predicted molar refractivity (Wildman–Crippen MR) is 89.4 cm³/mol. The zero-order valence-corrected chi connectivity index (χ0v) is 13.9. The van der Waals surface area contributed by atoms with Gasteiger partial charge in [0.05, 0.1) is 6.61 Å². The van der Waals surface area contributed by atoms with E-state index < -0.39 is 6.61 Å². The maximum Gasteiger partial charge on any atom is 0.387 e. The van der Waals surface area contributed by atoms with Crippen molar-refractivity contribution in [3.05, 3.63) is 47.8 Å². The average Bonchev–Trinajstić information content (AvgIpc) is 2.59. The van der Waals surface area contributed by atoms with Gasteiger partial charge in [-0.3, -0.25) is 9.78 Å². The molecule has 25 heavy (non-hydrogen) atoms. The van der Waals surface area contributed by atoms with Gasteiger partial charge in [-0.15, -0.1) is 0 Å². The Bertz CT molecular complexity index is 696. The number of pyridine rings is 1. The first kappa shape index (κ1) is 18.8. The molecule has 7 heteroatoms. The number of hydrogen-bond donors (Lipinski definition) is 1. The minimum atomic E-state index is -2.86. The Kier molecular flexibility index (Phi) is 7.28. The molecule has 0 aliphatic carbocycles. The van der Waals surface area contributed by atoms with Crippen LogP contribution in [-0.4, -0.2) is 31.2 Å². The molecule has 0 spiro atoms. The predicted octanol–water partition coefficient (Wildman–Crippen LogP) is 3.31. The molecule has 0 bridgehead atoms. The van der Waals surface area contributed by atoms with E-state index in [1.165, 1.54) is 6.07 Å². The number of rotatable bonds is 10. The van der Waals surface area contributed by atoms with Crippen molar-refractivity contribution in [3.8, 4) is 16.9 Å². The van der Waals surface area contributed by atoms with Gasteiger partial charge >= 0.3 is 6.61 Å². The molecule has 1 N–H and O–H groups in total. The van der Waals surface area contributed by atoms with E-state index in [0.29, 0.717) is 26.2 Å². The third-order valence-corrected chi connectivity index (χ3v) is 3.53. The van der Waals surface area contributed by atoms with Crippen LogP contribution in [0.25, 0.3) is 11.1 Å². The molecule has 1 heterocycles. The second kappa shape index (κ2) is 9.68. The first-order chi connectivity index (χ1) is 12.1. The van der Waals surface area contributed by atoms with Crippen molar-refractivity contribution in [3.63, 3.8) is 0 Å². The highest BCUT2D eigenvalue weighted by molar-refractivity contribution is 5.65. The van der Waals surface area contributed by atoms with Crippen molar-refractivity contribution >= 4 is 6.41 Å². The van der Waals surface area contributed by atoms with Crippen molar-refractivity contribution < 1.29 is 23.0 Å². The first-order valence-corrected chi connectivity index (χ1v) is 7.85. The second-order valence-corrected chi connectivity index (χ2v) is 5.35. The van der Waals surface area contributed by atoms with Crippen LogP contribution in [0.5, 0.6) is 5.75 Å². The zero-order valence-electron chi connectivity index (χ0n) is 13.9. The van der Waals surface area contributed by atoms with Gasteiger partial charge < -0.3 is 14.8 Å². The lowest BCUT2D eigenvalue weighted by Crippen LogP contribution is -2.14. The van der Waals surface area contributed by atoms with Gasteiger partial charge in [0.25, 0.3) is 0 Å². The van der Waals surface area contributed by atoms with Gasteiger partial charge in [-0.25, -0.2) is 0 Å². The summed E-state index contributed by atoms with van der Waals surface area (Å²) >= 11 is 0. The van der Waals surface area contributed by atoms with Crippen LogP contribution in [-0.2, 0) is 16.1 Å². The molecule has 2 aromatic rings. The fourth-order valence-electron chi connectivity index (χ4n) is 2.25. The van der Waals surface area contributed by atoms with Crippen molar-refractivity contribution in [2.45, 2.75) is 26.6 Å². The quantitative estimate of drug-likeness (QED) is 0.527. The molecular formula is C18H20F2N2O3. The molecule has 134 valence electrons. The highest BCUT2D eigenvalue weighted by Crippen LogP contribution is 2.26. The first-order valence-electron chi connectivity index (χ1n) is 7.85. The lowest BCUT2D eigenvalue weighted by atomic mass is 10.0. The number of amides is 1. The Hall–Kier alpha value is -2.54. The van der Waals surface area contributed by atoms with Gasteiger partial charge in [0, 0.05) is 30.6 Å². The minimum Gasteiger partial charge on any atom is -0.435 e. The van der Waals surface area contributed by atoms with Crippen molar-refractivity contribution in [2.24, 2.45) is 0 Å². The molecule has 0 fully saturated rings. The number of nitrogens with one attached hydrogen (secondary N) is 1. The summed E-state index contributed by atoms with van der Waals surface area (Å²) in [7, 11) is 0. The summed E-state index contributed by atoms with van der Waals surface area (Å²) in [5, 5.41) is 2.57. The molecule has 5 nitrogen and oxygen atoms in total. The van der Waals surface area contributed by atoms with E-state index >= 15 is 0 Å².